The topological polar surface area (TPSA) is 57.6 Å². The van der Waals surface area contributed by atoms with E-state index in [1.807, 2.05) is 22.6 Å². The van der Waals surface area contributed by atoms with Crippen LogP contribution in [0.5, 0.6) is 0 Å². The largest absolute Gasteiger partial charge is 0.480 e. The standard InChI is InChI=1S/C13H13FINO3/c14-8-4-5-9(10(15)7-8)12(17)16-6-2-1-3-11(16)13(18)19/h4-5,7,11H,1-3,6H2,(H,18,19)/t11-/m1/s1. The third kappa shape index (κ3) is 3.05. The van der Waals surface area contributed by atoms with Crippen LogP contribution in [0.15, 0.2) is 18.2 Å². The Morgan fingerprint density at radius 2 is 2.11 bits per heavy atom. The number of piperidine rings is 1. The van der Waals surface area contributed by atoms with Crippen LogP contribution in [-0.2, 0) is 4.79 Å². The Balaban J connectivity index is 2.28. The van der Waals surface area contributed by atoms with Gasteiger partial charge in [-0.2, -0.15) is 0 Å². The normalized spacial score (nSPS) is 19.3. The van der Waals surface area contributed by atoms with Gasteiger partial charge in [0.05, 0.1) is 5.56 Å². The summed E-state index contributed by atoms with van der Waals surface area (Å²) in [4.78, 5) is 24.9. The summed E-state index contributed by atoms with van der Waals surface area (Å²) in [5, 5.41) is 9.16. The average Bonchev–Trinajstić information content (AvgIpc) is 2.38. The van der Waals surface area contributed by atoms with E-state index in [1.165, 1.54) is 23.1 Å². The summed E-state index contributed by atoms with van der Waals surface area (Å²) in [7, 11) is 0. The minimum absolute atomic E-state index is 0.337. The van der Waals surface area contributed by atoms with Gasteiger partial charge in [0.1, 0.15) is 11.9 Å². The second-order valence-corrected chi connectivity index (χ2v) is 5.63. The summed E-state index contributed by atoms with van der Waals surface area (Å²) < 4.78 is 13.5. The molecule has 102 valence electrons. The number of likely N-dealkylation sites (tertiary alicyclic amines) is 1. The summed E-state index contributed by atoms with van der Waals surface area (Å²) in [5.41, 5.74) is 0.357. The molecule has 1 saturated heterocycles. The molecule has 1 aliphatic heterocycles. The van der Waals surface area contributed by atoms with Crippen molar-refractivity contribution in [2.45, 2.75) is 25.3 Å². The van der Waals surface area contributed by atoms with Gasteiger partial charge in [0, 0.05) is 10.1 Å². The molecule has 1 heterocycles. The zero-order chi connectivity index (χ0) is 14.0. The van der Waals surface area contributed by atoms with Crippen molar-refractivity contribution in [2.75, 3.05) is 6.54 Å². The molecule has 0 bridgehead atoms. The minimum atomic E-state index is -0.981. The van der Waals surface area contributed by atoms with Crippen LogP contribution < -0.4 is 0 Å². The smallest absolute Gasteiger partial charge is 0.326 e. The van der Waals surface area contributed by atoms with Crippen LogP contribution in [0.2, 0.25) is 0 Å². The van der Waals surface area contributed by atoms with Gasteiger partial charge in [0.2, 0.25) is 0 Å². The van der Waals surface area contributed by atoms with Gasteiger partial charge in [-0.3, -0.25) is 4.79 Å². The number of carboxylic acid groups (broad SMARTS) is 1. The summed E-state index contributed by atoms with van der Waals surface area (Å²) in [6.07, 6.45) is 2.08. The number of hydrogen-bond acceptors (Lipinski definition) is 2. The van der Waals surface area contributed by atoms with E-state index in [-0.39, 0.29) is 5.91 Å². The Hall–Kier alpha value is -1.18. The SMILES string of the molecule is O=C(O)[C@H]1CCCCN1C(=O)c1ccc(F)cc1I. The van der Waals surface area contributed by atoms with Gasteiger partial charge < -0.3 is 10.0 Å². The Kier molecular flexibility index (Phi) is 4.38. The fourth-order valence-electron chi connectivity index (χ4n) is 2.25. The second-order valence-electron chi connectivity index (χ2n) is 4.47. The first-order chi connectivity index (χ1) is 9.00. The molecule has 0 aromatic heterocycles. The lowest BCUT2D eigenvalue weighted by atomic mass is 10.0. The van der Waals surface area contributed by atoms with Crippen molar-refractivity contribution in [3.63, 3.8) is 0 Å². The number of benzene rings is 1. The molecule has 1 aromatic rings. The molecule has 1 N–H and O–H groups in total. The maximum absolute atomic E-state index is 13.0. The van der Waals surface area contributed by atoms with Gasteiger partial charge in [-0.15, -0.1) is 0 Å². The molecule has 2 rings (SSSR count). The number of carbonyl (C=O) groups excluding carboxylic acids is 1. The lowest BCUT2D eigenvalue weighted by molar-refractivity contribution is -0.143. The van der Waals surface area contributed by atoms with E-state index in [9.17, 15) is 14.0 Å². The number of hydrogen-bond donors (Lipinski definition) is 1. The van der Waals surface area contributed by atoms with Crippen molar-refractivity contribution in [3.8, 4) is 0 Å². The molecular weight excluding hydrogens is 364 g/mol. The summed E-state index contributed by atoms with van der Waals surface area (Å²) >= 11 is 1.89. The molecule has 6 heteroatoms. The predicted octanol–water partition coefficient (Wildman–Crippen LogP) is 2.51. The van der Waals surface area contributed by atoms with Crippen molar-refractivity contribution < 1.29 is 19.1 Å². The van der Waals surface area contributed by atoms with Gasteiger partial charge in [-0.25, -0.2) is 9.18 Å². The van der Waals surface area contributed by atoms with E-state index in [0.717, 1.165) is 12.8 Å². The highest BCUT2D eigenvalue weighted by atomic mass is 127. The maximum Gasteiger partial charge on any atom is 0.326 e. The van der Waals surface area contributed by atoms with Crippen LogP contribution in [-0.4, -0.2) is 34.5 Å². The summed E-state index contributed by atoms with van der Waals surface area (Å²) in [5.74, 6) is -1.73. The second kappa shape index (κ2) is 5.85. The number of amides is 1. The number of nitrogens with zero attached hydrogens (tertiary/aromatic N) is 1. The first kappa shape index (κ1) is 14.2. The third-order valence-electron chi connectivity index (χ3n) is 3.21. The Bertz CT molecular complexity index is 521. The number of aliphatic carboxylic acids is 1. The zero-order valence-corrected chi connectivity index (χ0v) is 12.3. The van der Waals surface area contributed by atoms with Crippen LogP contribution in [0.4, 0.5) is 4.39 Å². The van der Waals surface area contributed by atoms with Crippen molar-refractivity contribution in [3.05, 3.63) is 33.1 Å². The van der Waals surface area contributed by atoms with E-state index in [2.05, 4.69) is 0 Å². The van der Waals surface area contributed by atoms with Gasteiger partial charge in [-0.1, -0.05) is 0 Å². The number of carboxylic acids is 1. The van der Waals surface area contributed by atoms with Gasteiger partial charge in [0.15, 0.2) is 0 Å². The molecule has 1 aromatic carbocycles. The molecule has 1 atom stereocenters. The fourth-order valence-corrected chi connectivity index (χ4v) is 2.96. The molecule has 0 spiro atoms. The first-order valence-electron chi connectivity index (χ1n) is 5.99. The highest BCUT2D eigenvalue weighted by Crippen LogP contribution is 2.22. The third-order valence-corrected chi connectivity index (χ3v) is 4.10. The Labute approximate surface area is 123 Å². The lowest BCUT2D eigenvalue weighted by Crippen LogP contribution is -2.48. The predicted molar refractivity (Wildman–Crippen MR) is 75.4 cm³/mol. The molecule has 0 unspecified atom stereocenters. The van der Waals surface area contributed by atoms with Crippen molar-refractivity contribution in [1.82, 2.24) is 4.90 Å². The molecule has 19 heavy (non-hydrogen) atoms. The maximum atomic E-state index is 13.0. The van der Waals surface area contributed by atoms with Crippen LogP contribution >= 0.6 is 22.6 Å². The van der Waals surface area contributed by atoms with E-state index in [4.69, 9.17) is 5.11 Å². The van der Waals surface area contributed by atoms with E-state index < -0.39 is 17.8 Å². The van der Waals surface area contributed by atoms with E-state index >= 15 is 0 Å². The molecule has 0 aliphatic carbocycles. The Morgan fingerprint density at radius 1 is 1.37 bits per heavy atom. The molecule has 4 nitrogen and oxygen atoms in total. The quantitative estimate of drug-likeness (QED) is 0.806. The molecule has 0 radical (unpaired) electrons. The number of halogens is 2. The zero-order valence-electron chi connectivity index (χ0n) is 10.1. The Morgan fingerprint density at radius 3 is 2.74 bits per heavy atom. The highest BCUT2D eigenvalue weighted by Gasteiger charge is 2.33. The molecule has 1 aliphatic rings. The van der Waals surface area contributed by atoms with Gasteiger partial charge in [0.25, 0.3) is 5.91 Å². The summed E-state index contributed by atoms with van der Waals surface area (Å²) in [6, 6.07) is 3.12. The monoisotopic (exact) mass is 377 g/mol. The lowest BCUT2D eigenvalue weighted by Gasteiger charge is -2.33. The highest BCUT2D eigenvalue weighted by molar-refractivity contribution is 14.1. The van der Waals surface area contributed by atoms with Crippen LogP contribution in [0.1, 0.15) is 29.6 Å². The van der Waals surface area contributed by atoms with Crippen LogP contribution in [0.3, 0.4) is 0 Å². The van der Waals surface area contributed by atoms with Gasteiger partial charge in [-0.05, 0) is 60.1 Å². The van der Waals surface area contributed by atoms with E-state index in [0.29, 0.717) is 22.1 Å². The number of carbonyl (C=O) groups is 2. The molecular formula is C13H13FINO3. The molecule has 1 amide bonds. The van der Waals surface area contributed by atoms with E-state index in [1.54, 1.807) is 0 Å². The fraction of sp³-hybridized carbons (Fsp3) is 0.385. The van der Waals surface area contributed by atoms with Crippen molar-refractivity contribution in [2.24, 2.45) is 0 Å². The number of rotatable bonds is 2. The minimum Gasteiger partial charge on any atom is -0.480 e. The van der Waals surface area contributed by atoms with Gasteiger partial charge >= 0.3 is 5.97 Å². The van der Waals surface area contributed by atoms with Crippen molar-refractivity contribution in [1.29, 1.82) is 0 Å². The summed E-state index contributed by atoms with van der Waals surface area (Å²) in [6.45, 7) is 0.434. The van der Waals surface area contributed by atoms with Crippen LogP contribution in [0.25, 0.3) is 0 Å². The average molecular weight is 377 g/mol. The van der Waals surface area contributed by atoms with Crippen LogP contribution in [0, 0.1) is 9.39 Å². The van der Waals surface area contributed by atoms with Crippen molar-refractivity contribution >= 4 is 34.5 Å². The molecule has 1 fully saturated rings. The first-order valence-corrected chi connectivity index (χ1v) is 7.07. The molecule has 0 saturated carbocycles.